The molecule has 1 rings (SSSR count). The van der Waals surface area contributed by atoms with Crippen LogP contribution in [0.4, 0.5) is 0 Å². The van der Waals surface area contributed by atoms with Crippen LogP contribution in [0.1, 0.15) is 59.8 Å². The minimum Gasteiger partial charge on any atom is -0.381 e. The first-order chi connectivity index (χ1) is 7.41. The van der Waals surface area contributed by atoms with Crippen LogP contribution in [0.2, 0.25) is 0 Å². The highest BCUT2D eigenvalue weighted by molar-refractivity contribution is 4.43. The molecule has 0 radical (unpaired) electrons. The molecule has 2 heteroatoms. The molecule has 1 fully saturated rings. The van der Waals surface area contributed by atoms with E-state index in [1.54, 1.807) is 0 Å². The summed E-state index contributed by atoms with van der Waals surface area (Å²) in [6.07, 6.45) is 6.59. The predicted molar refractivity (Wildman–Crippen MR) is 69.5 cm³/mol. The molecule has 0 aliphatic carbocycles. The average Bonchev–Trinajstić information content (AvgIpc) is 2.86. The quantitative estimate of drug-likeness (QED) is 0.710. The minimum atomic E-state index is 1.00. The van der Waals surface area contributed by atoms with Crippen molar-refractivity contribution in [3.8, 4) is 0 Å². The van der Waals surface area contributed by atoms with E-state index in [4.69, 9.17) is 4.74 Å². The molecule has 0 aromatic heterocycles. The van der Waals surface area contributed by atoms with Crippen LogP contribution < -0.4 is 5.32 Å². The van der Waals surface area contributed by atoms with Crippen molar-refractivity contribution < 1.29 is 4.74 Å². The molecule has 1 aliphatic heterocycles. The first-order valence-corrected chi connectivity index (χ1v) is 6.70. The Morgan fingerprint density at radius 2 is 1.60 bits per heavy atom. The monoisotopic (exact) mass is 217 g/mol. The fourth-order valence-corrected chi connectivity index (χ4v) is 1.19. The molecule has 0 amide bonds. The molecule has 0 bridgehead atoms. The Bertz CT molecular complexity index is 69.0. The largest absolute Gasteiger partial charge is 0.381 e. The van der Waals surface area contributed by atoms with E-state index < -0.39 is 0 Å². The first-order valence-electron chi connectivity index (χ1n) is 6.70. The molecule has 0 aromatic carbocycles. The standard InChI is InChI=1S/C7H17N.C4H8O.C2H6/c1-3-5-6-7-8-4-2;1-2-4-5-3-1;1-2/h8H,3-7H2,1-2H3;1-4H2;1-2H3. The van der Waals surface area contributed by atoms with Gasteiger partial charge >= 0.3 is 0 Å². The van der Waals surface area contributed by atoms with Crippen LogP contribution >= 0.6 is 0 Å². The van der Waals surface area contributed by atoms with E-state index in [9.17, 15) is 0 Å². The molecule has 0 saturated carbocycles. The van der Waals surface area contributed by atoms with Crippen molar-refractivity contribution in [3.05, 3.63) is 0 Å². The third kappa shape index (κ3) is 20.1. The third-order valence-electron chi connectivity index (χ3n) is 2.03. The zero-order valence-corrected chi connectivity index (χ0v) is 11.3. The molecule has 0 atom stereocenters. The van der Waals surface area contributed by atoms with E-state index in [-0.39, 0.29) is 0 Å². The van der Waals surface area contributed by atoms with Gasteiger partial charge in [0.15, 0.2) is 0 Å². The molecule has 0 spiro atoms. The summed E-state index contributed by atoms with van der Waals surface area (Å²) in [5.74, 6) is 0. The second kappa shape index (κ2) is 19.5. The van der Waals surface area contributed by atoms with Crippen LogP contribution in [0, 0.1) is 0 Å². The number of hydrogen-bond acceptors (Lipinski definition) is 2. The van der Waals surface area contributed by atoms with Gasteiger partial charge in [-0.25, -0.2) is 0 Å². The van der Waals surface area contributed by atoms with Crippen LogP contribution in [-0.4, -0.2) is 26.3 Å². The lowest BCUT2D eigenvalue weighted by Gasteiger charge is -1.97. The summed E-state index contributed by atoms with van der Waals surface area (Å²) < 4.78 is 4.94. The Morgan fingerprint density at radius 3 is 1.93 bits per heavy atom. The Kier molecular flexibility index (Phi) is 22.5. The van der Waals surface area contributed by atoms with Crippen molar-refractivity contribution in [1.29, 1.82) is 0 Å². The van der Waals surface area contributed by atoms with E-state index in [0.717, 1.165) is 19.8 Å². The maximum atomic E-state index is 4.94. The lowest BCUT2D eigenvalue weighted by molar-refractivity contribution is 0.198. The summed E-state index contributed by atoms with van der Waals surface area (Å²) in [5, 5.41) is 3.28. The lowest BCUT2D eigenvalue weighted by atomic mass is 10.2. The molecular weight excluding hydrogens is 186 g/mol. The Hall–Kier alpha value is -0.0800. The van der Waals surface area contributed by atoms with Crippen LogP contribution in [0.3, 0.4) is 0 Å². The molecule has 1 saturated heterocycles. The summed E-state index contributed by atoms with van der Waals surface area (Å²) in [4.78, 5) is 0. The second-order valence-corrected chi connectivity index (χ2v) is 3.38. The van der Waals surface area contributed by atoms with E-state index >= 15 is 0 Å². The van der Waals surface area contributed by atoms with Crippen LogP contribution in [0.25, 0.3) is 0 Å². The Morgan fingerprint density at radius 1 is 1.00 bits per heavy atom. The van der Waals surface area contributed by atoms with Gasteiger partial charge in [0, 0.05) is 13.2 Å². The second-order valence-electron chi connectivity index (χ2n) is 3.38. The Labute approximate surface area is 96.8 Å². The fraction of sp³-hybridized carbons (Fsp3) is 1.00. The predicted octanol–water partition coefficient (Wildman–Crippen LogP) is 3.61. The highest BCUT2D eigenvalue weighted by Gasteiger charge is 1.94. The summed E-state index contributed by atoms with van der Waals surface area (Å²) >= 11 is 0. The molecule has 0 aromatic rings. The van der Waals surface area contributed by atoms with Gasteiger partial charge in [-0.1, -0.05) is 40.5 Å². The first kappa shape index (κ1) is 17.3. The smallest absolute Gasteiger partial charge is 0.0466 e. The van der Waals surface area contributed by atoms with Gasteiger partial charge in [-0.05, 0) is 32.4 Å². The van der Waals surface area contributed by atoms with Crippen molar-refractivity contribution in [3.63, 3.8) is 0 Å². The molecule has 0 unspecified atom stereocenters. The molecule has 1 heterocycles. The van der Waals surface area contributed by atoms with Gasteiger partial charge in [0.1, 0.15) is 0 Å². The van der Waals surface area contributed by atoms with Crippen molar-refractivity contribution in [2.45, 2.75) is 59.8 Å². The molecule has 15 heavy (non-hydrogen) atoms. The van der Waals surface area contributed by atoms with Crippen molar-refractivity contribution >= 4 is 0 Å². The fourth-order valence-electron chi connectivity index (χ4n) is 1.19. The van der Waals surface area contributed by atoms with E-state index in [1.807, 2.05) is 13.8 Å². The van der Waals surface area contributed by atoms with E-state index in [1.165, 1.54) is 38.6 Å². The number of unbranched alkanes of at least 4 members (excludes halogenated alkanes) is 2. The highest BCUT2D eigenvalue weighted by atomic mass is 16.5. The Balaban J connectivity index is 0. The van der Waals surface area contributed by atoms with Crippen LogP contribution in [-0.2, 0) is 4.74 Å². The van der Waals surface area contributed by atoms with Crippen molar-refractivity contribution in [1.82, 2.24) is 5.32 Å². The van der Waals surface area contributed by atoms with Crippen molar-refractivity contribution in [2.75, 3.05) is 26.3 Å². The topological polar surface area (TPSA) is 21.3 Å². The number of rotatable bonds is 5. The lowest BCUT2D eigenvalue weighted by Crippen LogP contribution is -2.13. The maximum Gasteiger partial charge on any atom is 0.0466 e. The third-order valence-corrected chi connectivity index (χ3v) is 2.03. The van der Waals surface area contributed by atoms with Gasteiger partial charge in [-0.3, -0.25) is 0 Å². The van der Waals surface area contributed by atoms with Crippen LogP contribution in [0.5, 0.6) is 0 Å². The van der Waals surface area contributed by atoms with Crippen molar-refractivity contribution in [2.24, 2.45) is 0 Å². The van der Waals surface area contributed by atoms with Gasteiger partial charge in [-0.2, -0.15) is 0 Å². The summed E-state index contributed by atoms with van der Waals surface area (Å²) in [6, 6.07) is 0. The number of hydrogen-bond donors (Lipinski definition) is 1. The summed E-state index contributed by atoms with van der Waals surface area (Å²) in [5.41, 5.74) is 0. The van der Waals surface area contributed by atoms with E-state index in [0.29, 0.717) is 0 Å². The number of ether oxygens (including phenoxy) is 1. The highest BCUT2D eigenvalue weighted by Crippen LogP contribution is 1.98. The van der Waals surface area contributed by atoms with Gasteiger partial charge in [0.25, 0.3) is 0 Å². The summed E-state index contributed by atoms with van der Waals surface area (Å²) in [7, 11) is 0. The SMILES string of the molecule is C1CCOC1.CC.CCCCCNCC. The van der Waals surface area contributed by atoms with Gasteiger partial charge in [-0.15, -0.1) is 0 Å². The maximum absolute atomic E-state index is 4.94. The average molecular weight is 217 g/mol. The van der Waals surface area contributed by atoms with Gasteiger partial charge in [0.05, 0.1) is 0 Å². The summed E-state index contributed by atoms with van der Waals surface area (Å²) in [6.45, 7) is 12.7. The molecular formula is C13H31NO. The van der Waals surface area contributed by atoms with Crippen LogP contribution in [0.15, 0.2) is 0 Å². The molecule has 2 nitrogen and oxygen atoms in total. The zero-order valence-electron chi connectivity index (χ0n) is 11.3. The molecule has 1 aliphatic rings. The van der Waals surface area contributed by atoms with E-state index in [2.05, 4.69) is 19.2 Å². The minimum absolute atomic E-state index is 1.00. The van der Waals surface area contributed by atoms with Gasteiger partial charge < -0.3 is 10.1 Å². The van der Waals surface area contributed by atoms with Gasteiger partial charge in [0.2, 0.25) is 0 Å². The molecule has 1 N–H and O–H groups in total. The number of nitrogens with one attached hydrogen (secondary N) is 1. The molecule has 94 valence electrons. The normalized spacial score (nSPS) is 13.6. The zero-order chi connectivity index (χ0) is 11.8.